The summed E-state index contributed by atoms with van der Waals surface area (Å²) in [4.78, 5) is 3.97. The Labute approximate surface area is 106 Å². The van der Waals surface area contributed by atoms with Crippen molar-refractivity contribution in [1.82, 2.24) is 4.98 Å². The highest BCUT2D eigenvalue weighted by Gasteiger charge is 2.04. The Morgan fingerprint density at radius 1 is 1.17 bits per heavy atom. The van der Waals surface area contributed by atoms with Gasteiger partial charge in [0.1, 0.15) is 18.1 Å². The lowest BCUT2D eigenvalue weighted by molar-refractivity contribution is 0.300. The maximum absolute atomic E-state index is 5.77. The number of rotatable bonds is 5. The van der Waals surface area contributed by atoms with Gasteiger partial charge in [0.05, 0.1) is 7.11 Å². The normalized spacial score (nSPS) is 10.1. The van der Waals surface area contributed by atoms with E-state index in [4.69, 9.17) is 15.2 Å². The molecule has 0 radical (unpaired) electrons. The molecule has 2 rings (SSSR count). The molecule has 18 heavy (non-hydrogen) atoms. The van der Waals surface area contributed by atoms with Gasteiger partial charge >= 0.3 is 0 Å². The van der Waals surface area contributed by atoms with Crippen molar-refractivity contribution in [3.05, 3.63) is 53.9 Å². The first-order chi connectivity index (χ1) is 8.83. The maximum atomic E-state index is 5.77. The molecule has 0 atom stereocenters. The van der Waals surface area contributed by atoms with Gasteiger partial charge in [-0.2, -0.15) is 0 Å². The van der Waals surface area contributed by atoms with E-state index < -0.39 is 0 Å². The van der Waals surface area contributed by atoms with Gasteiger partial charge in [0.25, 0.3) is 0 Å². The second-order valence-electron chi connectivity index (χ2n) is 3.82. The number of hydrogen-bond donors (Lipinski definition) is 1. The highest BCUT2D eigenvalue weighted by Crippen LogP contribution is 2.25. The lowest BCUT2D eigenvalue weighted by atomic mass is 10.2. The topological polar surface area (TPSA) is 57.4 Å². The molecular weight excluding hydrogens is 228 g/mol. The molecule has 0 amide bonds. The quantitative estimate of drug-likeness (QED) is 0.875. The largest absolute Gasteiger partial charge is 0.497 e. The van der Waals surface area contributed by atoms with E-state index in [1.54, 1.807) is 19.5 Å². The van der Waals surface area contributed by atoms with Crippen molar-refractivity contribution >= 4 is 0 Å². The van der Waals surface area contributed by atoms with Gasteiger partial charge in [-0.15, -0.1) is 0 Å². The molecule has 1 aromatic carbocycles. The number of methoxy groups -OCH3 is 1. The molecule has 0 aliphatic carbocycles. The van der Waals surface area contributed by atoms with E-state index in [0.717, 1.165) is 22.6 Å². The Hall–Kier alpha value is -2.07. The second kappa shape index (κ2) is 6.02. The van der Waals surface area contributed by atoms with E-state index in [2.05, 4.69) is 4.98 Å². The second-order valence-corrected chi connectivity index (χ2v) is 3.82. The molecule has 4 heteroatoms. The minimum atomic E-state index is 0.440. The van der Waals surface area contributed by atoms with E-state index in [1.165, 1.54) is 0 Å². The first-order valence-electron chi connectivity index (χ1n) is 5.72. The van der Waals surface area contributed by atoms with Crippen LogP contribution in [0.3, 0.4) is 0 Å². The van der Waals surface area contributed by atoms with Crippen LogP contribution in [-0.4, -0.2) is 12.1 Å². The van der Waals surface area contributed by atoms with Crippen LogP contribution in [0.1, 0.15) is 11.1 Å². The van der Waals surface area contributed by atoms with Gasteiger partial charge in [-0.1, -0.05) is 6.07 Å². The third kappa shape index (κ3) is 2.99. The summed E-state index contributed by atoms with van der Waals surface area (Å²) in [5.41, 5.74) is 7.71. The predicted octanol–water partition coefficient (Wildman–Crippen LogP) is 2.13. The fraction of sp³-hybridized carbons (Fsp3) is 0.214. The molecule has 1 aromatic heterocycles. The van der Waals surface area contributed by atoms with E-state index >= 15 is 0 Å². The van der Waals surface area contributed by atoms with Crippen molar-refractivity contribution < 1.29 is 9.47 Å². The number of aromatic nitrogens is 1. The summed E-state index contributed by atoms with van der Waals surface area (Å²) < 4.78 is 10.9. The van der Waals surface area contributed by atoms with Crippen LogP contribution in [0, 0.1) is 0 Å². The predicted molar refractivity (Wildman–Crippen MR) is 69.5 cm³/mol. The molecule has 94 valence electrons. The number of hydrogen-bond acceptors (Lipinski definition) is 4. The summed E-state index contributed by atoms with van der Waals surface area (Å²) in [6, 6.07) is 9.48. The zero-order chi connectivity index (χ0) is 12.8. The number of nitrogens with zero attached hydrogens (tertiary/aromatic N) is 1. The summed E-state index contributed by atoms with van der Waals surface area (Å²) in [6.07, 6.45) is 3.49. The minimum absolute atomic E-state index is 0.440. The molecule has 4 nitrogen and oxygen atoms in total. The third-order valence-corrected chi connectivity index (χ3v) is 2.64. The molecule has 2 N–H and O–H groups in total. The summed E-state index contributed by atoms with van der Waals surface area (Å²) in [5, 5.41) is 0. The molecule has 0 fully saturated rings. The van der Waals surface area contributed by atoms with Crippen LogP contribution < -0.4 is 15.2 Å². The summed E-state index contributed by atoms with van der Waals surface area (Å²) in [7, 11) is 1.63. The van der Waals surface area contributed by atoms with Gasteiger partial charge in [-0.25, -0.2) is 0 Å². The van der Waals surface area contributed by atoms with Crippen LogP contribution in [-0.2, 0) is 13.2 Å². The van der Waals surface area contributed by atoms with Gasteiger partial charge in [0, 0.05) is 30.6 Å². The molecule has 0 aliphatic heterocycles. The Balaban J connectivity index is 2.12. The Morgan fingerprint density at radius 2 is 1.94 bits per heavy atom. The monoisotopic (exact) mass is 244 g/mol. The summed E-state index contributed by atoms with van der Waals surface area (Å²) >= 11 is 0. The fourth-order valence-corrected chi connectivity index (χ4v) is 1.60. The molecule has 1 heterocycles. The lowest BCUT2D eigenvalue weighted by Crippen LogP contribution is -2.03. The third-order valence-electron chi connectivity index (χ3n) is 2.64. The smallest absolute Gasteiger partial charge is 0.127 e. The molecule has 0 saturated heterocycles. The van der Waals surface area contributed by atoms with Gasteiger partial charge in [-0.3, -0.25) is 4.98 Å². The van der Waals surface area contributed by atoms with E-state index in [1.807, 2.05) is 30.3 Å². The van der Waals surface area contributed by atoms with Crippen LogP contribution >= 0.6 is 0 Å². The van der Waals surface area contributed by atoms with E-state index in [-0.39, 0.29) is 0 Å². The molecule has 2 aromatic rings. The zero-order valence-electron chi connectivity index (χ0n) is 10.3. The van der Waals surface area contributed by atoms with Gasteiger partial charge in [-0.05, 0) is 23.8 Å². The Morgan fingerprint density at radius 3 is 2.61 bits per heavy atom. The van der Waals surface area contributed by atoms with Crippen LogP contribution in [0.15, 0.2) is 42.7 Å². The first-order valence-corrected chi connectivity index (χ1v) is 5.72. The molecule has 0 bridgehead atoms. The van der Waals surface area contributed by atoms with Crippen molar-refractivity contribution in [3.8, 4) is 11.5 Å². The van der Waals surface area contributed by atoms with Crippen molar-refractivity contribution in [2.75, 3.05) is 7.11 Å². The van der Waals surface area contributed by atoms with Crippen molar-refractivity contribution in [1.29, 1.82) is 0 Å². The molecule has 0 saturated carbocycles. The minimum Gasteiger partial charge on any atom is -0.497 e. The lowest BCUT2D eigenvalue weighted by Gasteiger charge is -2.11. The van der Waals surface area contributed by atoms with Crippen LogP contribution in [0.4, 0.5) is 0 Å². The molecular formula is C14H16N2O2. The number of benzene rings is 1. The van der Waals surface area contributed by atoms with Gasteiger partial charge < -0.3 is 15.2 Å². The number of pyridine rings is 1. The van der Waals surface area contributed by atoms with Crippen molar-refractivity contribution in [2.24, 2.45) is 5.73 Å². The summed E-state index contributed by atoms with van der Waals surface area (Å²) in [6.45, 7) is 0.929. The van der Waals surface area contributed by atoms with Crippen molar-refractivity contribution in [2.45, 2.75) is 13.2 Å². The number of nitrogens with two attached hydrogens (primary N) is 1. The molecule has 0 aliphatic rings. The van der Waals surface area contributed by atoms with E-state index in [0.29, 0.717) is 13.2 Å². The Kier molecular flexibility index (Phi) is 4.15. The number of ether oxygens (including phenoxy) is 2. The zero-order valence-corrected chi connectivity index (χ0v) is 10.3. The molecule has 0 spiro atoms. The van der Waals surface area contributed by atoms with Gasteiger partial charge in [0.2, 0.25) is 0 Å². The fourth-order valence-electron chi connectivity index (χ4n) is 1.60. The maximum Gasteiger partial charge on any atom is 0.127 e. The van der Waals surface area contributed by atoms with Crippen LogP contribution in [0.2, 0.25) is 0 Å². The highest BCUT2D eigenvalue weighted by molar-refractivity contribution is 5.40. The first kappa shape index (κ1) is 12.4. The highest BCUT2D eigenvalue weighted by atomic mass is 16.5. The average molecular weight is 244 g/mol. The van der Waals surface area contributed by atoms with Gasteiger partial charge in [0.15, 0.2) is 0 Å². The Bertz CT molecular complexity index is 500. The van der Waals surface area contributed by atoms with Crippen LogP contribution in [0.5, 0.6) is 11.5 Å². The standard InChI is InChI=1S/C14H16N2O2/c1-17-13-3-2-12(9-15)14(8-13)18-10-11-4-6-16-7-5-11/h2-8H,9-10,15H2,1H3. The average Bonchev–Trinajstić information content (AvgIpc) is 2.45. The van der Waals surface area contributed by atoms with Crippen molar-refractivity contribution in [3.63, 3.8) is 0 Å². The summed E-state index contributed by atoms with van der Waals surface area (Å²) in [5.74, 6) is 1.52. The van der Waals surface area contributed by atoms with E-state index in [9.17, 15) is 0 Å². The SMILES string of the molecule is COc1ccc(CN)c(OCc2ccncc2)c1. The molecule has 0 unspecified atom stereocenters. The van der Waals surface area contributed by atoms with Crippen LogP contribution in [0.25, 0.3) is 0 Å².